The third-order valence-corrected chi connectivity index (χ3v) is 4.75. The first-order valence-corrected chi connectivity index (χ1v) is 9.16. The van der Waals surface area contributed by atoms with Crippen molar-refractivity contribution in [3.63, 3.8) is 0 Å². The van der Waals surface area contributed by atoms with Gasteiger partial charge in [-0.2, -0.15) is 0 Å². The van der Waals surface area contributed by atoms with E-state index in [2.05, 4.69) is 20.3 Å². The van der Waals surface area contributed by atoms with Crippen molar-refractivity contribution >= 4 is 51.1 Å². The maximum absolute atomic E-state index is 11.4. The summed E-state index contributed by atoms with van der Waals surface area (Å²) >= 11 is 6.23. The molecule has 1 unspecified atom stereocenters. The van der Waals surface area contributed by atoms with Gasteiger partial charge in [0, 0.05) is 36.8 Å². The van der Waals surface area contributed by atoms with Crippen molar-refractivity contribution in [1.82, 2.24) is 15.0 Å². The summed E-state index contributed by atoms with van der Waals surface area (Å²) in [5.41, 5.74) is 2.20. The number of rotatable bonds is 4. The van der Waals surface area contributed by atoms with Gasteiger partial charge in [-0.05, 0) is 30.7 Å². The number of hydrogen-bond acceptors (Lipinski definition) is 6. The van der Waals surface area contributed by atoms with Gasteiger partial charge in [0.25, 0.3) is 0 Å². The van der Waals surface area contributed by atoms with Crippen molar-refractivity contribution in [2.75, 3.05) is 24.3 Å². The molecule has 1 aromatic carbocycles. The van der Waals surface area contributed by atoms with E-state index in [-0.39, 0.29) is 10.9 Å². The van der Waals surface area contributed by atoms with Crippen molar-refractivity contribution < 1.29 is 9.90 Å². The Kier molecular flexibility index (Phi) is 4.60. The van der Waals surface area contributed by atoms with Gasteiger partial charge < -0.3 is 15.3 Å². The molecule has 0 radical (unpaired) electrons. The first-order chi connectivity index (χ1) is 13.4. The molecule has 3 aromatic rings. The van der Waals surface area contributed by atoms with Crippen LogP contribution in [-0.2, 0) is 0 Å². The Balaban J connectivity index is 1.95. The van der Waals surface area contributed by atoms with Crippen LogP contribution < -0.4 is 10.2 Å². The van der Waals surface area contributed by atoms with Crippen LogP contribution >= 0.6 is 11.6 Å². The second kappa shape index (κ2) is 7.09. The summed E-state index contributed by atoms with van der Waals surface area (Å²) in [5.74, 6) is 0.0832. The quantitative estimate of drug-likeness (QED) is 0.512. The number of aromatic nitrogens is 3. The lowest BCUT2D eigenvalue weighted by Crippen LogP contribution is -2.13. The number of anilines is 2. The summed E-state index contributed by atoms with van der Waals surface area (Å²) in [5, 5.41) is 14.1. The van der Waals surface area contributed by atoms with Crippen LogP contribution in [0.2, 0.25) is 0 Å². The van der Waals surface area contributed by atoms with Gasteiger partial charge >= 0.3 is 5.97 Å². The zero-order valence-electron chi connectivity index (χ0n) is 15.3. The fourth-order valence-electron chi connectivity index (χ4n) is 3.07. The van der Waals surface area contributed by atoms with Gasteiger partial charge in [0.15, 0.2) is 5.82 Å². The fourth-order valence-corrected chi connectivity index (χ4v) is 3.31. The normalized spacial score (nSPS) is 16.2. The van der Waals surface area contributed by atoms with E-state index >= 15 is 0 Å². The van der Waals surface area contributed by atoms with Crippen molar-refractivity contribution in [2.24, 2.45) is 0 Å². The number of pyridine rings is 1. The molecule has 0 aliphatic heterocycles. The molecule has 1 aliphatic carbocycles. The molecular formula is C20H18ClN5O2. The standard InChI is InChI=1S/C20H18ClN5O2/c1-26(2)20-22-10-15-14-7-6-11(19(27)28)8-16(14)24-18(17(15)25-20)23-13-5-3-4-12(21)9-13/h3,5-10,12H,4H2,1-2H3,(H,23,24)(H,27,28). The Morgan fingerprint density at radius 2 is 2.11 bits per heavy atom. The summed E-state index contributed by atoms with van der Waals surface area (Å²) in [6.07, 6.45) is 8.36. The average molecular weight is 396 g/mol. The Morgan fingerprint density at radius 3 is 2.82 bits per heavy atom. The zero-order valence-corrected chi connectivity index (χ0v) is 16.1. The van der Waals surface area contributed by atoms with E-state index in [1.807, 2.05) is 37.2 Å². The largest absolute Gasteiger partial charge is 0.478 e. The summed E-state index contributed by atoms with van der Waals surface area (Å²) in [4.78, 5) is 26.9. The smallest absolute Gasteiger partial charge is 0.335 e. The minimum absolute atomic E-state index is 0.0928. The van der Waals surface area contributed by atoms with Crippen molar-refractivity contribution in [3.05, 3.63) is 53.9 Å². The first-order valence-electron chi connectivity index (χ1n) is 8.73. The van der Waals surface area contributed by atoms with E-state index in [4.69, 9.17) is 11.6 Å². The van der Waals surface area contributed by atoms with Gasteiger partial charge in [0.2, 0.25) is 5.95 Å². The Hall–Kier alpha value is -3.19. The van der Waals surface area contributed by atoms with Gasteiger partial charge in [-0.25, -0.2) is 19.7 Å². The summed E-state index contributed by atoms with van der Waals surface area (Å²) in [6.45, 7) is 0. The maximum Gasteiger partial charge on any atom is 0.335 e. The molecule has 1 aliphatic rings. The van der Waals surface area contributed by atoms with E-state index < -0.39 is 5.97 Å². The van der Waals surface area contributed by atoms with Gasteiger partial charge in [0.05, 0.1) is 16.5 Å². The zero-order chi connectivity index (χ0) is 19.8. The predicted octanol–water partition coefficient (Wildman–Crippen LogP) is 3.81. The topological polar surface area (TPSA) is 91.2 Å². The van der Waals surface area contributed by atoms with Gasteiger partial charge in [0.1, 0.15) is 5.52 Å². The number of fused-ring (bicyclic) bond motifs is 3. The van der Waals surface area contributed by atoms with Crippen LogP contribution in [-0.4, -0.2) is 45.5 Å². The highest BCUT2D eigenvalue weighted by Gasteiger charge is 2.15. The number of nitrogens with zero attached hydrogens (tertiary/aromatic N) is 4. The van der Waals surface area contributed by atoms with Crippen LogP contribution in [0.25, 0.3) is 21.8 Å². The lowest BCUT2D eigenvalue weighted by molar-refractivity contribution is 0.0697. The Bertz CT molecular complexity index is 1160. The molecule has 2 N–H and O–H groups in total. The second-order valence-electron chi connectivity index (χ2n) is 6.73. The lowest BCUT2D eigenvalue weighted by atomic mass is 10.1. The predicted molar refractivity (Wildman–Crippen MR) is 111 cm³/mol. The summed E-state index contributed by atoms with van der Waals surface area (Å²) in [7, 11) is 3.73. The van der Waals surface area contributed by atoms with Crippen LogP contribution in [0.5, 0.6) is 0 Å². The molecule has 7 nitrogen and oxygen atoms in total. The summed E-state index contributed by atoms with van der Waals surface area (Å²) < 4.78 is 0. The van der Waals surface area contributed by atoms with Crippen molar-refractivity contribution in [2.45, 2.75) is 11.8 Å². The summed E-state index contributed by atoms with van der Waals surface area (Å²) in [6, 6.07) is 4.85. The number of allylic oxidation sites excluding steroid dienone is 3. The molecule has 2 heterocycles. The highest BCUT2D eigenvalue weighted by Crippen LogP contribution is 2.30. The highest BCUT2D eigenvalue weighted by atomic mass is 35.5. The number of hydrogen-bond donors (Lipinski definition) is 2. The van der Waals surface area contributed by atoms with Gasteiger partial charge in [-0.3, -0.25) is 0 Å². The van der Waals surface area contributed by atoms with Gasteiger partial charge in [-0.15, -0.1) is 11.6 Å². The van der Waals surface area contributed by atoms with E-state index in [1.54, 1.807) is 24.4 Å². The third kappa shape index (κ3) is 3.36. The van der Waals surface area contributed by atoms with Crippen LogP contribution in [0.3, 0.4) is 0 Å². The molecular weight excluding hydrogens is 378 g/mol. The van der Waals surface area contributed by atoms with Crippen molar-refractivity contribution in [1.29, 1.82) is 0 Å². The minimum Gasteiger partial charge on any atom is -0.478 e. The van der Waals surface area contributed by atoms with Crippen LogP contribution in [0.1, 0.15) is 16.8 Å². The van der Waals surface area contributed by atoms with E-state index in [0.29, 0.717) is 22.8 Å². The fraction of sp³-hybridized carbons (Fsp3) is 0.200. The molecule has 0 fully saturated rings. The molecule has 0 bridgehead atoms. The maximum atomic E-state index is 11.4. The number of carboxylic acid groups (broad SMARTS) is 1. The Morgan fingerprint density at radius 1 is 1.29 bits per heavy atom. The monoisotopic (exact) mass is 395 g/mol. The molecule has 0 saturated heterocycles. The third-order valence-electron chi connectivity index (χ3n) is 4.45. The number of carbonyl (C=O) groups is 1. The molecule has 28 heavy (non-hydrogen) atoms. The average Bonchev–Trinajstić information content (AvgIpc) is 2.67. The lowest BCUT2D eigenvalue weighted by Gasteiger charge is -2.16. The second-order valence-corrected chi connectivity index (χ2v) is 7.29. The number of benzene rings is 1. The van der Waals surface area contributed by atoms with E-state index in [0.717, 1.165) is 22.9 Å². The molecule has 4 rings (SSSR count). The van der Waals surface area contributed by atoms with Crippen molar-refractivity contribution in [3.8, 4) is 0 Å². The van der Waals surface area contributed by atoms with Crippen LogP contribution in [0, 0.1) is 0 Å². The minimum atomic E-state index is -1.000. The van der Waals surface area contributed by atoms with Crippen LogP contribution in [0.15, 0.2) is 48.3 Å². The van der Waals surface area contributed by atoms with E-state index in [1.165, 1.54) is 0 Å². The molecule has 0 saturated carbocycles. The number of carboxylic acids is 1. The highest BCUT2D eigenvalue weighted by molar-refractivity contribution is 6.22. The van der Waals surface area contributed by atoms with Gasteiger partial charge in [-0.1, -0.05) is 12.1 Å². The molecule has 0 amide bonds. The Labute approximate surface area is 166 Å². The first kappa shape index (κ1) is 18.2. The number of halogens is 1. The number of aromatic carboxylic acids is 1. The van der Waals surface area contributed by atoms with E-state index in [9.17, 15) is 9.90 Å². The molecule has 2 aromatic heterocycles. The van der Waals surface area contributed by atoms with Crippen LogP contribution in [0.4, 0.5) is 11.8 Å². The molecule has 142 valence electrons. The molecule has 0 spiro atoms. The molecule has 8 heteroatoms. The number of alkyl halides is 1. The number of nitrogens with one attached hydrogen (secondary N) is 1. The SMILES string of the molecule is CN(C)c1ncc2c(n1)c(NC1=CC(Cl)CC=C1)nc1cc(C(=O)O)ccc12. The molecule has 1 atom stereocenters.